The first kappa shape index (κ1) is 18.2. The number of nitrogens with one attached hydrogen (secondary N) is 1. The Labute approximate surface area is 168 Å². The van der Waals surface area contributed by atoms with Gasteiger partial charge in [0.15, 0.2) is 0 Å². The molecule has 0 saturated heterocycles. The number of pyridine rings is 1. The van der Waals surface area contributed by atoms with E-state index in [4.69, 9.17) is 11.6 Å². The number of aromatic nitrogens is 1. The molecule has 0 aliphatic heterocycles. The van der Waals surface area contributed by atoms with Gasteiger partial charge < -0.3 is 5.32 Å². The van der Waals surface area contributed by atoms with Crippen LogP contribution in [0.2, 0.25) is 5.02 Å². The minimum atomic E-state index is -0.441. The predicted molar refractivity (Wildman–Crippen MR) is 111 cm³/mol. The lowest BCUT2D eigenvalue weighted by molar-refractivity contribution is -0.126. The molecular weight excluding hydrogens is 376 g/mol. The van der Waals surface area contributed by atoms with E-state index in [2.05, 4.69) is 33.2 Å². The van der Waals surface area contributed by atoms with Gasteiger partial charge in [0.25, 0.3) is 0 Å². The van der Waals surface area contributed by atoms with Crippen LogP contribution in [0.1, 0.15) is 36.8 Å². The summed E-state index contributed by atoms with van der Waals surface area (Å²) in [5, 5.41) is 8.02. The average molecular weight is 397 g/mol. The summed E-state index contributed by atoms with van der Waals surface area (Å²) in [5.74, 6) is 0.100. The number of halogens is 1. The van der Waals surface area contributed by atoms with Crippen LogP contribution < -0.4 is 5.32 Å². The van der Waals surface area contributed by atoms with E-state index in [1.54, 1.807) is 11.3 Å². The van der Waals surface area contributed by atoms with Crippen molar-refractivity contribution in [1.29, 1.82) is 0 Å². The molecule has 1 aromatic carbocycles. The molecule has 0 unspecified atom stereocenters. The highest BCUT2D eigenvalue weighted by Crippen LogP contribution is 2.41. The van der Waals surface area contributed by atoms with Crippen molar-refractivity contribution in [2.24, 2.45) is 0 Å². The predicted octanol–water partition coefficient (Wildman–Crippen LogP) is 5.59. The largest absolute Gasteiger partial charge is 0.351 e. The highest BCUT2D eigenvalue weighted by molar-refractivity contribution is 7.08. The number of carbonyl (C=O) groups excluding carboxylic acids is 1. The molecule has 0 spiro atoms. The number of hydrogen-bond donors (Lipinski definition) is 1. The lowest BCUT2D eigenvalue weighted by Crippen LogP contribution is -2.42. The molecule has 1 N–H and O–H groups in total. The van der Waals surface area contributed by atoms with Crippen molar-refractivity contribution in [3.63, 3.8) is 0 Å². The number of hydrogen-bond acceptors (Lipinski definition) is 3. The Morgan fingerprint density at radius 3 is 2.59 bits per heavy atom. The molecule has 3 nitrogen and oxygen atoms in total. The monoisotopic (exact) mass is 396 g/mol. The molecule has 1 fully saturated rings. The quantitative estimate of drug-likeness (QED) is 0.610. The topological polar surface area (TPSA) is 42.0 Å². The summed E-state index contributed by atoms with van der Waals surface area (Å²) in [6, 6.07) is 11.9. The fourth-order valence-electron chi connectivity index (χ4n) is 3.92. The van der Waals surface area contributed by atoms with Crippen LogP contribution >= 0.6 is 22.9 Å². The standard InChI is InChI=1S/C22H21ClN2OS/c23-20-5-3-19(4-6-20)22(8-1-2-9-22)21(26)25-13-16-11-18(14-24-12-16)17-7-10-27-15-17/h3-7,10-12,14-15H,1-2,8-9,13H2,(H,25,26). The summed E-state index contributed by atoms with van der Waals surface area (Å²) in [4.78, 5) is 17.5. The van der Waals surface area contributed by atoms with Crippen molar-refractivity contribution >= 4 is 28.8 Å². The highest BCUT2D eigenvalue weighted by Gasteiger charge is 2.42. The van der Waals surface area contributed by atoms with Crippen molar-refractivity contribution in [3.05, 3.63) is 75.7 Å². The van der Waals surface area contributed by atoms with Gasteiger partial charge in [0.2, 0.25) is 5.91 Å². The third-order valence-electron chi connectivity index (χ3n) is 5.39. The summed E-state index contributed by atoms with van der Waals surface area (Å²) in [6.07, 6.45) is 7.59. The molecule has 1 aliphatic carbocycles. The summed E-state index contributed by atoms with van der Waals surface area (Å²) in [7, 11) is 0. The van der Waals surface area contributed by atoms with Gasteiger partial charge in [-0.05, 0) is 64.6 Å². The maximum atomic E-state index is 13.2. The van der Waals surface area contributed by atoms with Gasteiger partial charge >= 0.3 is 0 Å². The Bertz CT molecular complexity index is 916. The van der Waals surface area contributed by atoms with Gasteiger partial charge in [-0.2, -0.15) is 11.3 Å². The Morgan fingerprint density at radius 1 is 1.11 bits per heavy atom. The van der Waals surface area contributed by atoms with E-state index >= 15 is 0 Å². The molecule has 2 aromatic heterocycles. The normalized spacial score (nSPS) is 15.6. The number of thiophene rings is 1. The van der Waals surface area contributed by atoms with Crippen molar-refractivity contribution < 1.29 is 4.79 Å². The Balaban J connectivity index is 1.51. The molecule has 0 bridgehead atoms. The molecule has 1 amide bonds. The molecule has 0 atom stereocenters. The SMILES string of the molecule is O=C(NCc1cncc(-c2ccsc2)c1)C1(c2ccc(Cl)cc2)CCCC1. The second-order valence-electron chi connectivity index (χ2n) is 7.07. The lowest BCUT2D eigenvalue weighted by Gasteiger charge is -2.28. The second kappa shape index (κ2) is 7.83. The van der Waals surface area contributed by atoms with Crippen LogP contribution in [0, 0.1) is 0 Å². The zero-order chi connectivity index (χ0) is 18.7. The maximum Gasteiger partial charge on any atom is 0.230 e. The van der Waals surface area contributed by atoms with Gasteiger partial charge in [0.05, 0.1) is 5.41 Å². The van der Waals surface area contributed by atoms with Crippen molar-refractivity contribution in [2.75, 3.05) is 0 Å². The Hall–Kier alpha value is -2.17. The van der Waals surface area contributed by atoms with Gasteiger partial charge in [-0.15, -0.1) is 0 Å². The summed E-state index contributed by atoms with van der Waals surface area (Å²) < 4.78 is 0. The number of nitrogens with zero attached hydrogens (tertiary/aromatic N) is 1. The van der Waals surface area contributed by atoms with Crippen LogP contribution in [0.25, 0.3) is 11.1 Å². The molecule has 5 heteroatoms. The third kappa shape index (κ3) is 3.78. The minimum absolute atomic E-state index is 0.100. The van der Waals surface area contributed by atoms with Gasteiger partial charge in [-0.1, -0.05) is 36.6 Å². The zero-order valence-electron chi connectivity index (χ0n) is 15.0. The fourth-order valence-corrected chi connectivity index (χ4v) is 4.71. The molecule has 138 valence electrons. The summed E-state index contributed by atoms with van der Waals surface area (Å²) in [6.45, 7) is 0.485. The van der Waals surface area contributed by atoms with E-state index in [1.165, 1.54) is 0 Å². The van der Waals surface area contributed by atoms with E-state index in [0.717, 1.165) is 47.9 Å². The molecule has 2 heterocycles. The molecule has 1 aliphatic rings. The minimum Gasteiger partial charge on any atom is -0.351 e. The zero-order valence-corrected chi connectivity index (χ0v) is 16.5. The smallest absolute Gasteiger partial charge is 0.230 e. The molecule has 1 saturated carbocycles. The first-order valence-electron chi connectivity index (χ1n) is 9.18. The lowest BCUT2D eigenvalue weighted by atomic mass is 9.78. The Kier molecular flexibility index (Phi) is 5.28. The maximum absolute atomic E-state index is 13.2. The van der Waals surface area contributed by atoms with Crippen molar-refractivity contribution in [2.45, 2.75) is 37.6 Å². The van der Waals surface area contributed by atoms with Gasteiger partial charge in [-0.3, -0.25) is 9.78 Å². The van der Waals surface area contributed by atoms with Gasteiger partial charge in [-0.25, -0.2) is 0 Å². The number of benzene rings is 1. The van der Waals surface area contributed by atoms with Crippen molar-refractivity contribution in [1.82, 2.24) is 10.3 Å². The van der Waals surface area contributed by atoms with E-state index in [9.17, 15) is 4.79 Å². The van der Waals surface area contributed by atoms with Crippen LogP contribution in [-0.2, 0) is 16.8 Å². The average Bonchev–Trinajstić information content (AvgIpc) is 3.39. The number of carbonyl (C=O) groups is 1. The number of rotatable bonds is 5. The van der Waals surface area contributed by atoms with Crippen LogP contribution in [0.3, 0.4) is 0 Å². The molecule has 4 rings (SSSR count). The summed E-state index contributed by atoms with van der Waals surface area (Å²) in [5.41, 5.74) is 3.87. The van der Waals surface area contributed by atoms with Gasteiger partial charge in [0, 0.05) is 29.5 Å². The summed E-state index contributed by atoms with van der Waals surface area (Å²) >= 11 is 7.70. The van der Waals surface area contributed by atoms with Gasteiger partial charge in [0.1, 0.15) is 0 Å². The van der Waals surface area contributed by atoms with Crippen LogP contribution in [-0.4, -0.2) is 10.9 Å². The second-order valence-corrected chi connectivity index (χ2v) is 8.29. The first-order chi connectivity index (χ1) is 13.2. The van der Waals surface area contributed by atoms with E-state index < -0.39 is 5.41 Å². The third-order valence-corrected chi connectivity index (χ3v) is 6.33. The molecule has 3 aromatic rings. The first-order valence-corrected chi connectivity index (χ1v) is 10.5. The fraction of sp³-hybridized carbons (Fsp3) is 0.273. The highest BCUT2D eigenvalue weighted by atomic mass is 35.5. The molecule has 0 radical (unpaired) electrons. The van der Waals surface area contributed by atoms with E-state index in [1.807, 2.05) is 36.7 Å². The van der Waals surface area contributed by atoms with Crippen LogP contribution in [0.15, 0.2) is 59.6 Å². The molecular formula is C22H21ClN2OS. The number of amides is 1. The molecule has 27 heavy (non-hydrogen) atoms. The van der Waals surface area contributed by atoms with Crippen LogP contribution in [0.5, 0.6) is 0 Å². The Morgan fingerprint density at radius 2 is 1.89 bits per heavy atom. The van der Waals surface area contributed by atoms with Crippen molar-refractivity contribution in [3.8, 4) is 11.1 Å². The van der Waals surface area contributed by atoms with E-state index in [0.29, 0.717) is 11.6 Å². The van der Waals surface area contributed by atoms with E-state index in [-0.39, 0.29) is 5.91 Å². The van der Waals surface area contributed by atoms with Crippen LogP contribution in [0.4, 0.5) is 0 Å².